The number of hydrogen-bond acceptors (Lipinski definition) is 4. The van der Waals surface area contributed by atoms with Gasteiger partial charge in [0, 0.05) is 25.7 Å². The first kappa shape index (κ1) is 14.3. The summed E-state index contributed by atoms with van der Waals surface area (Å²) in [5.41, 5.74) is 5.49. The van der Waals surface area contributed by atoms with Gasteiger partial charge in [-0.1, -0.05) is 6.92 Å². The summed E-state index contributed by atoms with van der Waals surface area (Å²) < 4.78 is 5.72. The Labute approximate surface area is 108 Å². The zero-order valence-corrected chi connectivity index (χ0v) is 11.5. The Kier molecular flexibility index (Phi) is 4.95. The van der Waals surface area contributed by atoms with Gasteiger partial charge in [-0.2, -0.15) is 0 Å². The number of pyridine rings is 1. The standard InChI is InChI=1S/C13H22N4O/c1-9(2)18-11-6-5-7-16-13(11)17(4)8-10(3)12(14)15/h5-7,9-10H,8H2,1-4H3,(H3,14,15). The number of hydrogen-bond donors (Lipinski definition) is 2. The largest absolute Gasteiger partial charge is 0.487 e. The molecule has 0 saturated carbocycles. The van der Waals surface area contributed by atoms with Gasteiger partial charge in [0.05, 0.1) is 11.9 Å². The molecule has 1 aromatic heterocycles. The maximum absolute atomic E-state index is 7.42. The smallest absolute Gasteiger partial charge is 0.171 e. The van der Waals surface area contributed by atoms with Gasteiger partial charge in [-0.15, -0.1) is 0 Å². The highest BCUT2D eigenvalue weighted by molar-refractivity contribution is 5.79. The molecule has 5 nitrogen and oxygen atoms in total. The van der Waals surface area contributed by atoms with E-state index in [-0.39, 0.29) is 17.9 Å². The average Bonchev–Trinajstić information content (AvgIpc) is 2.28. The highest BCUT2D eigenvalue weighted by atomic mass is 16.5. The summed E-state index contributed by atoms with van der Waals surface area (Å²) >= 11 is 0. The number of amidine groups is 1. The molecular weight excluding hydrogens is 228 g/mol. The van der Waals surface area contributed by atoms with Crippen molar-refractivity contribution in [3.63, 3.8) is 0 Å². The Bertz CT molecular complexity index is 406. The average molecular weight is 250 g/mol. The lowest BCUT2D eigenvalue weighted by atomic mass is 10.1. The predicted molar refractivity (Wildman–Crippen MR) is 74.3 cm³/mol. The molecule has 5 heteroatoms. The number of nitrogens with one attached hydrogen (secondary N) is 1. The summed E-state index contributed by atoms with van der Waals surface area (Å²) in [4.78, 5) is 6.30. The molecule has 0 aliphatic rings. The number of anilines is 1. The first-order chi connectivity index (χ1) is 8.41. The second-order valence-electron chi connectivity index (χ2n) is 4.73. The van der Waals surface area contributed by atoms with Crippen LogP contribution in [-0.2, 0) is 0 Å². The SMILES string of the molecule is CC(C)Oc1cccnc1N(C)CC(C)C(=N)N. The normalized spacial score (nSPS) is 12.3. The molecular formula is C13H22N4O. The lowest BCUT2D eigenvalue weighted by Crippen LogP contribution is -2.32. The summed E-state index contributed by atoms with van der Waals surface area (Å²) in [5.74, 6) is 1.71. The molecule has 0 aromatic carbocycles. The van der Waals surface area contributed by atoms with Crippen molar-refractivity contribution in [1.29, 1.82) is 5.41 Å². The van der Waals surface area contributed by atoms with Gasteiger partial charge in [-0.25, -0.2) is 4.98 Å². The molecule has 3 N–H and O–H groups in total. The Hall–Kier alpha value is -1.78. The maximum atomic E-state index is 7.42. The Balaban J connectivity index is 2.84. The van der Waals surface area contributed by atoms with Gasteiger partial charge in [-0.3, -0.25) is 5.41 Å². The fourth-order valence-corrected chi connectivity index (χ4v) is 1.61. The molecule has 0 saturated heterocycles. The van der Waals surface area contributed by atoms with E-state index in [9.17, 15) is 0 Å². The summed E-state index contributed by atoms with van der Waals surface area (Å²) in [5, 5.41) is 7.42. The van der Waals surface area contributed by atoms with E-state index >= 15 is 0 Å². The second-order valence-corrected chi connectivity index (χ2v) is 4.73. The first-order valence-corrected chi connectivity index (χ1v) is 6.08. The van der Waals surface area contributed by atoms with Crippen LogP contribution in [0.25, 0.3) is 0 Å². The fourth-order valence-electron chi connectivity index (χ4n) is 1.61. The molecule has 100 valence electrons. The minimum absolute atomic E-state index is 0.0103. The van der Waals surface area contributed by atoms with Crippen LogP contribution in [0.2, 0.25) is 0 Å². The van der Waals surface area contributed by atoms with Gasteiger partial charge in [0.2, 0.25) is 0 Å². The van der Waals surface area contributed by atoms with Crippen molar-refractivity contribution in [3.8, 4) is 5.75 Å². The van der Waals surface area contributed by atoms with E-state index in [4.69, 9.17) is 15.9 Å². The van der Waals surface area contributed by atoms with E-state index in [1.807, 2.05) is 44.9 Å². The van der Waals surface area contributed by atoms with Crippen molar-refractivity contribution >= 4 is 11.7 Å². The molecule has 0 aliphatic carbocycles. The van der Waals surface area contributed by atoms with Gasteiger partial charge >= 0.3 is 0 Å². The Morgan fingerprint density at radius 2 is 2.17 bits per heavy atom. The third-order valence-corrected chi connectivity index (χ3v) is 2.55. The van der Waals surface area contributed by atoms with Crippen molar-refractivity contribution in [2.45, 2.75) is 26.9 Å². The van der Waals surface area contributed by atoms with Gasteiger partial charge in [-0.05, 0) is 26.0 Å². The van der Waals surface area contributed by atoms with Crippen LogP contribution in [0, 0.1) is 11.3 Å². The molecule has 0 amide bonds. The minimum atomic E-state index is -0.0103. The Morgan fingerprint density at radius 1 is 1.50 bits per heavy atom. The third kappa shape index (κ3) is 3.91. The molecule has 0 radical (unpaired) electrons. The molecule has 1 atom stereocenters. The highest BCUT2D eigenvalue weighted by Gasteiger charge is 2.15. The van der Waals surface area contributed by atoms with Crippen LogP contribution < -0.4 is 15.4 Å². The lowest BCUT2D eigenvalue weighted by molar-refractivity contribution is 0.242. The van der Waals surface area contributed by atoms with Gasteiger partial charge in [0.15, 0.2) is 11.6 Å². The molecule has 1 rings (SSSR count). The first-order valence-electron chi connectivity index (χ1n) is 6.08. The highest BCUT2D eigenvalue weighted by Crippen LogP contribution is 2.25. The zero-order valence-electron chi connectivity index (χ0n) is 11.5. The minimum Gasteiger partial charge on any atom is -0.487 e. The zero-order chi connectivity index (χ0) is 13.7. The second kappa shape index (κ2) is 6.23. The maximum Gasteiger partial charge on any atom is 0.171 e. The molecule has 1 unspecified atom stereocenters. The summed E-state index contributed by atoms with van der Waals surface area (Å²) in [7, 11) is 1.93. The van der Waals surface area contributed by atoms with Crippen molar-refractivity contribution < 1.29 is 4.74 Å². The van der Waals surface area contributed by atoms with Crippen molar-refractivity contribution in [2.24, 2.45) is 11.7 Å². The van der Waals surface area contributed by atoms with Crippen LogP contribution in [-0.4, -0.2) is 30.5 Å². The Morgan fingerprint density at radius 3 is 2.72 bits per heavy atom. The molecule has 0 aliphatic heterocycles. The van der Waals surface area contributed by atoms with Crippen LogP contribution in [0.4, 0.5) is 5.82 Å². The number of aromatic nitrogens is 1. The monoisotopic (exact) mass is 250 g/mol. The number of ether oxygens (including phenoxy) is 1. The predicted octanol–water partition coefficient (Wildman–Crippen LogP) is 1.88. The van der Waals surface area contributed by atoms with Crippen molar-refractivity contribution in [1.82, 2.24) is 4.98 Å². The van der Waals surface area contributed by atoms with Crippen LogP contribution >= 0.6 is 0 Å². The van der Waals surface area contributed by atoms with Crippen LogP contribution in [0.1, 0.15) is 20.8 Å². The number of rotatable bonds is 6. The molecule has 0 spiro atoms. The topological polar surface area (TPSA) is 75.2 Å². The lowest BCUT2D eigenvalue weighted by Gasteiger charge is -2.24. The van der Waals surface area contributed by atoms with Gasteiger partial charge in [0.25, 0.3) is 0 Å². The van der Waals surface area contributed by atoms with E-state index in [0.29, 0.717) is 6.54 Å². The van der Waals surface area contributed by atoms with E-state index in [0.717, 1.165) is 11.6 Å². The fraction of sp³-hybridized carbons (Fsp3) is 0.538. The van der Waals surface area contributed by atoms with E-state index < -0.39 is 0 Å². The molecule has 1 aromatic rings. The molecule has 0 bridgehead atoms. The summed E-state index contributed by atoms with van der Waals surface area (Å²) in [6.07, 6.45) is 1.84. The van der Waals surface area contributed by atoms with E-state index in [1.165, 1.54) is 0 Å². The summed E-state index contributed by atoms with van der Waals surface area (Å²) in [6, 6.07) is 3.75. The number of nitrogens with two attached hydrogens (primary N) is 1. The van der Waals surface area contributed by atoms with Gasteiger partial charge in [0.1, 0.15) is 0 Å². The number of nitrogens with zero attached hydrogens (tertiary/aromatic N) is 2. The van der Waals surface area contributed by atoms with E-state index in [1.54, 1.807) is 6.20 Å². The quantitative estimate of drug-likeness (QED) is 0.597. The molecule has 18 heavy (non-hydrogen) atoms. The van der Waals surface area contributed by atoms with Crippen molar-refractivity contribution in [3.05, 3.63) is 18.3 Å². The van der Waals surface area contributed by atoms with Crippen LogP contribution in [0.15, 0.2) is 18.3 Å². The summed E-state index contributed by atoms with van der Waals surface area (Å²) in [6.45, 7) is 6.52. The van der Waals surface area contributed by atoms with Crippen molar-refractivity contribution in [2.75, 3.05) is 18.5 Å². The molecule has 1 heterocycles. The van der Waals surface area contributed by atoms with Crippen LogP contribution in [0.5, 0.6) is 5.75 Å². The van der Waals surface area contributed by atoms with Crippen LogP contribution in [0.3, 0.4) is 0 Å². The van der Waals surface area contributed by atoms with Gasteiger partial charge < -0.3 is 15.4 Å². The molecule has 0 fully saturated rings. The third-order valence-electron chi connectivity index (χ3n) is 2.55. The van der Waals surface area contributed by atoms with E-state index in [2.05, 4.69) is 4.98 Å².